The van der Waals surface area contributed by atoms with Gasteiger partial charge in [0.2, 0.25) is 0 Å². The zero-order valence-electron chi connectivity index (χ0n) is 11.4. The lowest BCUT2D eigenvalue weighted by molar-refractivity contribution is 1.05. The molecule has 0 unspecified atom stereocenters. The number of halogens is 1. The molecule has 0 amide bonds. The molecule has 3 aromatic rings. The van der Waals surface area contributed by atoms with Crippen LogP contribution in [-0.4, -0.2) is 15.0 Å². The lowest BCUT2D eigenvalue weighted by Gasteiger charge is -2.09. The van der Waals surface area contributed by atoms with E-state index in [9.17, 15) is 0 Å². The van der Waals surface area contributed by atoms with Crippen molar-refractivity contribution in [2.75, 3.05) is 0 Å². The number of hydrogen-bond donors (Lipinski definition) is 0. The van der Waals surface area contributed by atoms with Crippen molar-refractivity contribution < 1.29 is 0 Å². The molecule has 0 fully saturated rings. The van der Waals surface area contributed by atoms with Gasteiger partial charge >= 0.3 is 0 Å². The predicted octanol–water partition coefficient (Wildman–Crippen LogP) is 4.22. The SMILES string of the molecule is CCc1c(Cl)ncnc1-c1ccc2nc(C)ccc2c1. The van der Waals surface area contributed by atoms with E-state index in [1.165, 1.54) is 6.33 Å². The van der Waals surface area contributed by atoms with E-state index < -0.39 is 0 Å². The van der Waals surface area contributed by atoms with Crippen LogP contribution < -0.4 is 0 Å². The Bertz CT molecular complexity index is 784. The number of fused-ring (bicyclic) bond motifs is 1. The Kier molecular flexibility index (Phi) is 3.36. The third-order valence-electron chi connectivity index (χ3n) is 3.35. The molecule has 1 aromatic carbocycles. The van der Waals surface area contributed by atoms with E-state index in [1.807, 2.05) is 25.1 Å². The number of pyridine rings is 1. The van der Waals surface area contributed by atoms with Crippen LogP contribution >= 0.6 is 11.6 Å². The maximum Gasteiger partial charge on any atom is 0.136 e. The number of benzene rings is 1. The van der Waals surface area contributed by atoms with Crippen molar-refractivity contribution in [2.24, 2.45) is 0 Å². The van der Waals surface area contributed by atoms with Crippen molar-refractivity contribution >= 4 is 22.5 Å². The van der Waals surface area contributed by atoms with Gasteiger partial charge in [0.1, 0.15) is 11.5 Å². The fraction of sp³-hybridized carbons (Fsp3) is 0.188. The number of aryl methyl sites for hydroxylation is 1. The van der Waals surface area contributed by atoms with Gasteiger partial charge in [-0.1, -0.05) is 30.7 Å². The van der Waals surface area contributed by atoms with Gasteiger partial charge in [-0.2, -0.15) is 0 Å². The molecule has 3 rings (SSSR count). The maximum atomic E-state index is 6.15. The Morgan fingerprint density at radius 3 is 2.75 bits per heavy atom. The first-order valence-electron chi connectivity index (χ1n) is 6.56. The van der Waals surface area contributed by atoms with Crippen LogP contribution in [0.5, 0.6) is 0 Å². The number of aromatic nitrogens is 3. The molecule has 0 aliphatic heterocycles. The number of rotatable bonds is 2. The Hall–Kier alpha value is -2.00. The zero-order chi connectivity index (χ0) is 14.1. The molecule has 20 heavy (non-hydrogen) atoms. The highest BCUT2D eigenvalue weighted by Gasteiger charge is 2.10. The summed E-state index contributed by atoms with van der Waals surface area (Å²) in [4.78, 5) is 13.0. The third-order valence-corrected chi connectivity index (χ3v) is 3.67. The molecular weight excluding hydrogens is 270 g/mol. The third kappa shape index (κ3) is 2.25. The van der Waals surface area contributed by atoms with Gasteiger partial charge in [0.25, 0.3) is 0 Å². The summed E-state index contributed by atoms with van der Waals surface area (Å²) in [7, 11) is 0. The second-order valence-electron chi connectivity index (χ2n) is 4.71. The summed E-state index contributed by atoms with van der Waals surface area (Å²) in [5.74, 6) is 0. The molecule has 0 aliphatic carbocycles. The Labute approximate surface area is 122 Å². The summed E-state index contributed by atoms with van der Waals surface area (Å²) in [5, 5.41) is 1.63. The van der Waals surface area contributed by atoms with Crippen molar-refractivity contribution in [3.63, 3.8) is 0 Å². The molecule has 0 atom stereocenters. The van der Waals surface area contributed by atoms with E-state index in [0.29, 0.717) is 5.15 Å². The summed E-state index contributed by atoms with van der Waals surface area (Å²) in [5.41, 5.74) is 4.93. The van der Waals surface area contributed by atoms with Gasteiger partial charge in [-0.25, -0.2) is 9.97 Å². The predicted molar refractivity (Wildman–Crippen MR) is 81.9 cm³/mol. The van der Waals surface area contributed by atoms with Crippen LogP contribution in [0.15, 0.2) is 36.7 Å². The molecule has 0 aliphatic rings. The fourth-order valence-corrected chi connectivity index (χ4v) is 2.59. The summed E-state index contributed by atoms with van der Waals surface area (Å²) in [6.07, 6.45) is 2.31. The second kappa shape index (κ2) is 5.17. The van der Waals surface area contributed by atoms with Crippen molar-refractivity contribution in [1.82, 2.24) is 15.0 Å². The van der Waals surface area contributed by atoms with Crippen LogP contribution in [0.1, 0.15) is 18.2 Å². The first-order valence-corrected chi connectivity index (χ1v) is 6.94. The van der Waals surface area contributed by atoms with Crippen LogP contribution in [0.4, 0.5) is 0 Å². The summed E-state index contributed by atoms with van der Waals surface area (Å²) in [6, 6.07) is 10.2. The normalized spacial score (nSPS) is 10.9. The van der Waals surface area contributed by atoms with Crippen LogP contribution in [0.3, 0.4) is 0 Å². The second-order valence-corrected chi connectivity index (χ2v) is 5.06. The van der Waals surface area contributed by atoms with Crippen LogP contribution in [0, 0.1) is 6.92 Å². The molecule has 0 saturated heterocycles. The van der Waals surface area contributed by atoms with Gasteiger partial charge in [0.05, 0.1) is 11.2 Å². The van der Waals surface area contributed by atoms with Gasteiger partial charge in [-0.15, -0.1) is 0 Å². The highest BCUT2D eigenvalue weighted by molar-refractivity contribution is 6.30. The molecule has 0 spiro atoms. The van der Waals surface area contributed by atoms with Crippen LogP contribution in [0.2, 0.25) is 5.15 Å². The number of nitrogens with zero attached hydrogens (tertiary/aromatic N) is 3. The van der Waals surface area contributed by atoms with E-state index in [1.54, 1.807) is 0 Å². The molecule has 3 nitrogen and oxygen atoms in total. The quantitative estimate of drug-likeness (QED) is 0.661. The summed E-state index contributed by atoms with van der Waals surface area (Å²) >= 11 is 6.15. The van der Waals surface area contributed by atoms with Gasteiger partial charge in [-0.05, 0) is 31.5 Å². The molecule has 0 N–H and O–H groups in total. The van der Waals surface area contributed by atoms with E-state index in [0.717, 1.165) is 39.8 Å². The van der Waals surface area contributed by atoms with Crippen molar-refractivity contribution in [1.29, 1.82) is 0 Å². The molecule has 0 bridgehead atoms. The van der Waals surface area contributed by atoms with Gasteiger partial charge < -0.3 is 0 Å². The molecule has 4 heteroatoms. The average molecular weight is 284 g/mol. The van der Waals surface area contributed by atoms with Crippen molar-refractivity contribution in [3.8, 4) is 11.3 Å². The molecule has 2 aromatic heterocycles. The van der Waals surface area contributed by atoms with E-state index >= 15 is 0 Å². The monoisotopic (exact) mass is 283 g/mol. The van der Waals surface area contributed by atoms with Gasteiger partial charge in [-0.3, -0.25) is 4.98 Å². The van der Waals surface area contributed by atoms with E-state index in [2.05, 4.69) is 34.0 Å². The Morgan fingerprint density at radius 2 is 1.95 bits per heavy atom. The minimum atomic E-state index is 0.527. The highest BCUT2D eigenvalue weighted by Crippen LogP contribution is 2.28. The largest absolute Gasteiger partial charge is 0.253 e. The molecule has 0 radical (unpaired) electrons. The minimum Gasteiger partial charge on any atom is -0.253 e. The Morgan fingerprint density at radius 1 is 1.10 bits per heavy atom. The van der Waals surface area contributed by atoms with Crippen LogP contribution in [0.25, 0.3) is 22.2 Å². The first kappa shape index (κ1) is 13.0. The molecule has 2 heterocycles. The minimum absolute atomic E-state index is 0.527. The smallest absolute Gasteiger partial charge is 0.136 e. The molecule has 0 saturated carbocycles. The van der Waals surface area contributed by atoms with E-state index in [-0.39, 0.29) is 0 Å². The molecular formula is C16H14ClN3. The summed E-state index contributed by atoms with van der Waals surface area (Å²) < 4.78 is 0. The summed E-state index contributed by atoms with van der Waals surface area (Å²) in [6.45, 7) is 4.05. The zero-order valence-corrected chi connectivity index (χ0v) is 12.1. The maximum absolute atomic E-state index is 6.15. The Balaban J connectivity index is 2.20. The average Bonchev–Trinajstić information content (AvgIpc) is 2.46. The van der Waals surface area contributed by atoms with E-state index in [4.69, 9.17) is 11.6 Å². The van der Waals surface area contributed by atoms with Crippen molar-refractivity contribution in [3.05, 3.63) is 53.1 Å². The topological polar surface area (TPSA) is 38.7 Å². The lowest BCUT2D eigenvalue weighted by atomic mass is 10.0. The lowest BCUT2D eigenvalue weighted by Crippen LogP contribution is -1.95. The highest BCUT2D eigenvalue weighted by atomic mass is 35.5. The fourth-order valence-electron chi connectivity index (χ4n) is 2.33. The van der Waals surface area contributed by atoms with Crippen molar-refractivity contribution in [2.45, 2.75) is 20.3 Å². The molecule has 100 valence electrons. The van der Waals surface area contributed by atoms with Gasteiger partial charge in [0.15, 0.2) is 0 Å². The number of hydrogen-bond acceptors (Lipinski definition) is 3. The van der Waals surface area contributed by atoms with Crippen LogP contribution in [-0.2, 0) is 6.42 Å². The first-order chi connectivity index (χ1) is 9.69. The van der Waals surface area contributed by atoms with Gasteiger partial charge in [0, 0.05) is 22.2 Å². The standard InChI is InChI=1S/C16H14ClN3/c1-3-13-15(18-9-19-16(13)17)12-6-7-14-11(8-12)5-4-10(2)20-14/h4-9H,3H2,1-2H3.